The zero-order valence-corrected chi connectivity index (χ0v) is 11.9. The van der Waals surface area contributed by atoms with Crippen molar-refractivity contribution in [1.82, 2.24) is 5.16 Å². The van der Waals surface area contributed by atoms with Crippen molar-refractivity contribution in [3.05, 3.63) is 68.4 Å². The predicted octanol–water partition coefficient (Wildman–Crippen LogP) is 3.09. The monoisotopic (exact) mass is 327 g/mol. The van der Waals surface area contributed by atoms with Crippen LogP contribution in [0.2, 0.25) is 0 Å². The number of nitro groups is 2. The second-order valence-electron chi connectivity index (χ2n) is 4.66. The van der Waals surface area contributed by atoms with Crippen LogP contribution in [-0.2, 0) is 0 Å². The lowest BCUT2D eigenvalue weighted by Crippen LogP contribution is -1.95. The number of aromatic nitrogens is 1. The van der Waals surface area contributed by atoms with Gasteiger partial charge >= 0.3 is 0 Å². The van der Waals surface area contributed by atoms with Crippen LogP contribution in [0.5, 0.6) is 0 Å². The average molecular weight is 327 g/mol. The van der Waals surface area contributed by atoms with Gasteiger partial charge in [0.25, 0.3) is 11.4 Å². The van der Waals surface area contributed by atoms with Crippen LogP contribution in [-0.4, -0.2) is 21.2 Å². The van der Waals surface area contributed by atoms with E-state index in [0.717, 1.165) is 12.1 Å². The van der Waals surface area contributed by atoms with E-state index in [4.69, 9.17) is 4.52 Å². The molecule has 0 radical (unpaired) electrons. The van der Waals surface area contributed by atoms with Crippen molar-refractivity contribution < 1.29 is 14.4 Å². The summed E-state index contributed by atoms with van der Waals surface area (Å²) in [6.07, 6.45) is 1.25. The third-order valence-electron chi connectivity index (χ3n) is 3.13. The van der Waals surface area contributed by atoms with Gasteiger partial charge < -0.3 is 4.52 Å². The Bertz CT molecular complexity index is 951. The van der Waals surface area contributed by atoms with E-state index in [1.807, 2.05) is 18.2 Å². The first-order chi connectivity index (χ1) is 11.6. The Morgan fingerprint density at radius 2 is 1.88 bits per heavy atom. The van der Waals surface area contributed by atoms with Gasteiger partial charge in [-0.2, -0.15) is 5.10 Å². The second-order valence-corrected chi connectivity index (χ2v) is 4.66. The quantitative estimate of drug-likeness (QED) is 0.432. The fraction of sp³-hybridized carbons (Fsp3) is 0. The van der Waals surface area contributed by atoms with Crippen LogP contribution in [0.1, 0.15) is 5.69 Å². The minimum atomic E-state index is -0.736. The van der Waals surface area contributed by atoms with Crippen molar-refractivity contribution in [3.8, 4) is 0 Å². The molecule has 0 spiro atoms. The molecule has 0 saturated carbocycles. The van der Waals surface area contributed by atoms with Crippen LogP contribution in [0.25, 0.3) is 11.0 Å². The highest BCUT2D eigenvalue weighted by Crippen LogP contribution is 2.32. The minimum absolute atomic E-state index is 0.0456. The highest BCUT2D eigenvalue weighted by Gasteiger charge is 2.25. The van der Waals surface area contributed by atoms with Gasteiger partial charge in [0.05, 0.1) is 33.9 Å². The van der Waals surface area contributed by atoms with Gasteiger partial charge in [-0.25, -0.2) is 0 Å². The first-order valence-corrected chi connectivity index (χ1v) is 6.62. The molecule has 1 aromatic heterocycles. The van der Waals surface area contributed by atoms with Crippen LogP contribution in [0.4, 0.5) is 17.1 Å². The van der Waals surface area contributed by atoms with E-state index in [1.54, 1.807) is 12.1 Å². The maximum atomic E-state index is 11.2. The molecule has 1 N–H and O–H groups in total. The molecular formula is C14H9N5O5. The molecule has 2 aromatic carbocycles. The van der Waals surface area contributed by atoms with Crippen LogP contribution < -0.4 is 5.43 Å². The van der Waals surface area contributed by atoms with Crippen molar-refractivity contribution in [1.29, 1.82) is 0 Å². The van der Waals surface area contributed by atoms with Crippen LogP contribution in [0, 0.1) is 20.2 Å². The summed E-state index contributed by atoms with van der Waals surface area (Å²) in [5.41, 5.74) is 2.57. The third-order valence-corrected chi connectivity index (χ3v) is 3.13. The van der Waals surface area contributed by atoms with Gasteiger partial charge in [-0.3, -0.25) is 25.7 Å². The lowest BCUT2D eigenvalue weighted by Gasteiger charge is -1.97. The highest BCUT2D eigenvalue weighted by atomic mass is 16.6. The molecule has 0 unspecified atom stereocenters. The molecule has 120 valence electrons. The molecule has 10 nitrogen and oxygen atoms in total. The number of rotatable bonds is 5. The fourth-order valence-corrected chi connectivity index (χ4v) is 2.08. The van der Waals surface area contributed by atoms with Crippen molar-refractivity contribution >= 4 is 34.2 Å². The number of nitro benzene ring substituents is 2. The Kier molecular flexibility index (Phi) is 3.85. The first-order valence-electron chi connectivity index (χ1n) is 6.62. The molecule has 0 amide bonds. The Morgan fingerprint density at radius 3 is 2.54 bits per heavy atom. The Labute approximate surface area is 133 Å². The van der Waals surface area contributed by atoms with Crippen LogP contribution in [0.15, 0.2) is 52.1 Å². The molecule has 0 aliphatic carbocycles. The summed E-state index contributed by atoms with van der Waals surface area (Å²) in [5, 5.41) is 29.7. The Balaban J connectivity index is 2.00. The number of hydrogen-bond donors (Lipinski definition) is 1. The predicted molar refractivity (Wildman–Crippen MR) is 85.0 cm³/mol. The molecule has 10 heteroatoms. The fourth-order valence-electron chi connectivity index (χ4n) is 2.08. The number of para-hydroxylation sites is 1. The number of anilines is 1. The van der Waals surface area contributed by atoms with Gasteiger partial charge in [-0.15, -0.1) is 0 Å². The zero-order chi connectivity index (χ0) is 17.1. The Hall–Kier alpha value is -3.82. The minimum Gasteiger partial charge on any atom is -0.355 e. The number of non-ortho nitro benzene ring substituents is 2. The van der Waals surface area contributed by atoms with E-state index in [9.17, 15) is 20.2 Å². The second kappa shape index (κ2) is 6.12. The number of nitrogens with zero attached hydrogens (tertiary/aromatic N) is 4. The summed E-state index contributed by atoms with van der Waals surface area (Å²) >= 11 is 0. The summed E-state index contributed by atoms with van der Waals surface area (Å²) in [5.74, 6) is 0. The summed E-state index contributed by atoms with van der Waals surface area (Å²) in [4.78, 5) is 20.6. The normalized spacial score (nSPS) is 11.0. The van der Waals surface area contributed by atoms with E-state index in [2.05, 4.69) is 15.7 Å². The van der Waals surface area contributed by atoms with Gasteiger partial charge in [-0.05, 0) is 12.1 Å². The maximum Gasteiger partial charge on any atom is 0.289 e. The highest BCUT2D eigenvalue weighted by molar-refractivity contribution is 6.02. The van der Waals surface area contributed by atoms with E-state index in [-0.39, 0.29) is 16.7 Å². The Morgan fingerprint density at radius 1 is 1.12 bits per heavy atom. The largest absolute Gasteiger partial charge is 0.355 e. The van der Waals surface area contributed by atoms with E-state index < -0.39 is 21.2 Å². The van der Waals surface area contributed by atoms with Crippen molar-refractivity contribution in [2.24, 2.45) is 5.10 Å². The lowest BCUT2D eigenvalue weighted by molar-refractivity contribution is -0.393. The van der Waals surface area contributed by atoms with Crippen LogP contribution >= 0.6 is 0 Å². The maximum absolute atomic E-state index is 11.2. The standard InChI is InChI=1S/C14H9N5O5/c20-18(21)10-6-12(19(22)23)14-11(17-24-13(14)7-10)8-15-16-9-4-2-1-3-5-9/h1-8,16H. The van der Waals surface area contributed by atoms with E-state index >= 15 is 0 Å². The molecular weight excluding hydrogens is 318 g/mol. The molecule has 3 rings (SSSR count). The molecule has 0 aliphatic rings. The number of fused-ring (bicyclic) bond motifs is 1. The van der Waals surface area contributed by atoms with Gasteiger partial charge in [0.2, 0.25) is 0 Å². The number of hydrogen-bond acceptors (Lipinski definition) is 8. The summed E-state index contributed by atoms with van der Waals surface area (Å²) in [6.45, 7) is 0. The molecule has 0 atom stereocenters. The first kappa shape index (κ1) is 15.1. The van der Waals surface area contributed by atoms with Gasteiger partial charge in [-0.1, -0.05) is 23.4 Å². The van der Waals surface area contributed by atoms with Crippen LogP contribution in [0.3, 0.4) is 0 Å². The van der Waals surface area contributed by atoms with Crippen molar-refractivity contribution in [2.75, 3.05) is 5.43 Å². The average Bonchev–Trinajstić information content (AvgIpc) is 2.98. The van der Waals surface area contributed by atoms with Crippen molar-refractivity contribution in [3.63, 3.8) is 0 Å². The topological polar surface area (TPSA) is 137 Å². The third kappa shape index (κ3) is 2.88. The summed E-state index contributed by atoms with van der Waals surface area (Å²) in [7, 11) is 0. The van der Waals surface area contributed by atoms with E-state index in [0.29, 0.717) is 5.69 Å². The number of nitrogens with one attached hydrogen (secondary N) is 1. The molecule has 0 saturated heterocycles. The smallest absolute Gasteiger partial charge is 0.289 e. The number of benzene rings is 2. The molecule has 0 bridgehead atoms. The molecule has 24 heavy (non-hydrogen) atoms. The number of hydrazone groups is 1. The van der Waals surface area contributed by atoms with Crippen molar-refractivity contribution in [2.45, 2.75) is 0 Å². The summed E-state index contributed by atoms with van der Waals surface area (Å²) < 4.78 is 4.96. The van der Waals surface area contributed by atoms with Gasteiger partial charge in [0.1, 0.15) is 11.1 Å². The molecule has 0 aliphatic heterocycles. The molecule has 1 heterocycles. The lowest BCUT2D eigenvalue weighted by atomic mass is 10.1. The molecule has 3 aromatic rings. The summed E-state index contributed by atoms with van der Waals surface area (Å²) in [6, 6.07) is 11.0. The SMILES string of the molecule is O=[N+]([O-])c1cc([N+](=O)[O-])c2c(C=NNc3ccccc3)noc2c1. The van der Waals surface area contributed by atoms with Gasteiger partial charge in [0.15, 0.2) is 5.58 Å². The molecule has 0 fully saturated rings. The van der Waals surface area contributed by atoms with Gasteiger partial charge in [0, 0.05) is 0 Å². The zero-order valence-electron chi connectivity index (χ0n) is 11.9. The van der Waals surface area contributed by atoms with E-state index in [1.165, 1.54) is 6.21 Å².